The average molecular weight is 569 g/mol. The molecule has 1 N–H and O–H groups in total. The number of carbonyl (C=O) groups is 2. The van der Waals surface area contributed by atoms with Crippen molar-refractivity contribution in [3.63, 3.8) is 0 Å². The number of methoxy groups -OCH3 is 1. The van der Waals surface area contributed by atoms with Crippen molar-refractivity contribution >= 4 is 29.6 Å². The number of amides is 2. The van der Waals surface area contributed by atoms with E-state index < -0.39 is 11.9 Å². The maximum Gasteiger partial charge on any atom is 0.250 e. The first kappa shape index (κ1) is 29.5. The van der Waals surface area contributed by atoms with E-state index in [1.54, 1.807) is 27.8 Å². The zero-order valence-corrected chi connectivity index (χ0v) is 23.4. The first-order valence-electron chi connectivity index (χ1n) is 13.3. The highest BCUT2D eigenvalue weighted by atomic mass is 35.5. The molecule has 0 spiro atoms. The fourth-order valence-electron chi connectivity index (χ4n) is 5.16. The van der Waals surface area contributed by atoms with Crippen molar-refractivity contribution < 1.29 is 18.7 Å². The SMILES string of the molecule is CCN(CC(OC)c1c(NC=O)ccc(Cl)c1F)C(=O)C1CCN(Cc2ccc(Cn3ccccc3=O)cc2)C1. The number of nitrogens with zero attached hydrogens (tertiary/aromatic N) is 3. The lowest BCUT2D eigenvalue weighted by molar-refractivity contribution is -0.136. The molecule has 0 saturated carbocycles. The smallest absolute Gasteiger partial charge is 0.250 e. The van der Waals surface area contributed by atoms with Crippen LogP contribution in [0.1, 0.15) is 36.1 Å². The summed E-state index contributed by atoms with van der Waals surface area (Å²) in [6.07, 6.45) is 2.16. The number of rotatable bonds is 12. The van der Waals surface area contributed by atoms with Gasteiger partial charge in [0.05, 0.1) is 24.0 Å². The third-order valence-electron chi connectivity index (χ3n) is 7.34. The second-order valence-corrected chi connectivity index (χ2v) is 10.3. The molecule has 0 aliphatic carbocycles. The molecule has 3 aromatic rings. The van der Waals surface area contributed by atoms with Gasteiger partial charge in [0.25, 0.3) is 5.56 Å². The fraction of sp³-hybridized carbons (Fsp3) is 0.367. The van der Waals surface area contributed by atoms with Crippen LogP contribution in [-0.2, 0) is 27.4 Å². The summed E-state index contributed by atoms with van der Waals surface area (Å²) < 4.78 is 22.2. The molecule has 2 amide bonds. The molecule has 0 bridgehead atoms. The average Bonchev–Trinajstić information content (AvgIpc) is 3.43. The van der Waals surface area contributed by atoms with Crippen molar-refractivity contribution in [2.45, 2.75) is 32.5 Å². The molecule has 10 heteroatoms. The Kier molecular flexibility index (Phi) is 10.1. The van der Waals surface area contributed by atoms with E-state index in [0.717, 1.165) is 30.6 Å². The number of hydrogen-bond donors (Lipinski definition) is 1. The van der Waals surface area contributed by atoms with E-state index in [4.69, 9.17) is 16.3 Å². The molecule has 1 fully saturated rings. The number of pyridine rings is 1. The number of ether oxygens (including phenoxy) is 1. The summed E-state index contributed by atoms with van der Waals surface area (Å²) in [5.41, 5.74) is 2.51. The van der Waals surface area contributed by atoms with Crippen LogP contribution in [0.25, 0.3) is 0 Å². The highest BCUT2D eigenvalue weighted by Crippen LogP contribution is 2.33. The van der Waals surface area contributed by atoms with Gasteiger partial charge in [-0.05, 0) is 49.2 Å². The Hall–Kier alpha value is -3.53. The minimum atomic E-state index is -0.812. The largest absolute Gasteiger partial charge is 0.375 e. The minimum absolute atomic E-state index is 0.0111. The van der Waals surface area contributed by atoms with Crippen molar-refractivity contribution in [1.82, 2.24) is 14.4 Å². The molecule has 4 rings (SSSR count). The minimum Gasteiger partial charge on any atom is -0.375 e. The summed E-state index contributed by atoms with van der Waals surface area (Å²) >= 11 is 6.01. The molecule has 8 nitrogen and oxygen atoms in total. The fourth-order valence-corrected chi connectivity index (χ4v) is 5.33. The number of nitrogens with one attached hydrogen (secondary N) is 1. The van der Waals surface area contributed by atoms with Gasteiger partial charge in [-0.25, -0.2) is 4.39 Å². The molecule has 212 valence electrons. The molecule has 1 saturated heterocycles. The highest BCUT2D eigenvalue weighted by Gasteiger charge is 2.33. The van der Waals surface area contributed by atoms with Gasteiger partial charge < -0.3 is 19.5 Å². The standard InChI is InChI=1S/C30H34ClFN4O4/c1-3-35(19-26(40-2)28-25(33-20-37)12-11-24(31)29(28)32)30(39)23-13-15-34(18-23)16-21-7-9-22(10-8-21)17-36-14-5-4-6-27(36)38/h4-12,14,20,23,26H,3,13,15-19H2,1-2H3,(H,33,37). The summed E-state index contributed by atoms with van der Waals surface area (Å²) in [7, 11) is 1.44. The number of benzene rings is 2. The Balaban J connectivity index is 1.37. The van der Waals surface area contributed by atoms with Crippen LogP contribution in [0.2, 0.25) is 5.02 Å². The van der Waals surface area contributed by atoms with Crippen molar-refractivity contribution in [2.24, 2.45) is 5.92 Å². The second kappa shape index (κ2) is 13.7. The number of halogens is 2. The van der Waals surface area contributed by atoms with Crippen molar-refractivity contribution in [1.29, 1.82) is 0 Å². The van der Waals surface area contributed by atoms with Crippen LogP contribution in [0.15, 0.2) is 65.6 Å². The Labute approximate surface area is 238 Å². The number of likely N-dealkylation sites (N-methyl/N-ethyl adjacent to an activating group) is 1. The van der Waals surface area contributed by atoms with Gasteiger partial charge in [0.15, 0.2) is 0 Å². The summed E-state index contributed by atoms with van der Waals surface area (Å²) in [6, 6.07) is 16.2. The van der Waals surface area contributed by atoms with Gasteiger partial charge in [-0.1, -0.05) is 41.9 Å². The van der Waals surface area contributed by atoms with Crippen LogP contribution >= 0.6 is 11.6 Å². The third-order valence-corrected chi connectivity index (χ3v) is 7.63. The zero-order valence-electron chi connectivity index (χ0n) is 22.7. The van der Waals surface area contributed by atoms with E-state index in [-0.39, 0.29) is 40.2 Å². The van der Waals surface area contributed by atoms with Crippen molar-refractivity contribution in [3.05, 3.63) is 98.7 Å². The normalized spacial score (nSPS) is 16.1. The summed E-state index contributed by atoms with van der Waals surface area (Å²) in [5, 5.41) is 2.41. The molecule has 1 aromatic heterocycles. The van der Waals surface area contributed by atoms with Crippen LogP contribution in [0.4, 0.5) is 10.1 Å². The molecule has 2 heterocycles. The van der Waals surface area contributed by atoms with Gasteiger partial charge in [0, 0.05) is 50.3 Å². The van der Waals surface area contributed by atoms with E-state index in [9.17, 15) is 18.8 Å². The van der Waals surface area contributed by atoms with E-state index in [0.29, 0.717) is 26.0 Å². The van der Waals surface area contributed by atoms with Crippen LogP contribution in [-0.4, -0.2) is 60.0 Å². The van der Waals surface area contributed by atoms with Crippen LogP contribution in [0, 0.1) is 11.7 Å². The lowest BCUT2D eigenvalue weighted by atomic mass is 10.0. The lowest BCUT2D eigenvalue weighted by Gasteiger charge is -2.29. The number of carbonyl (C=O) groups excluding carboxylic acids is 2. The Morgan fingerprint density at radius 1 is 1.18 bits per heavy atom. The maximum atomic E-state index is 15.0. The first-order valence-corrected chi connectivity index (χ1v) is 13.7. The Morgan fingerprint density at radius 3 is 2.55 bits per heavy atom. The highest BCUT2D eigenvalue weighted by molar-refractivity contribution is 6.30. The van der Waals surface area contributed by atoms with Crippen LogP contribution in [0.3, 0.4) is 0 Å². The first-order chi connectivity index (χ1) is 19.3. The second-order valence-electron chi connectivity index (χ2n) is 9.89. The topological polar surface area (TPSA) is 83.9 Å². The Morgan fingerprint density at radius 2 is 1.90 bits per heavy atom. The predicted octanol–water partition coefficient (Wildman–Crippen LogP) is 4.32. The maximum absolute atomic E-state index is 15.0. The molecule has 2 aromatic carbocycles. The van der Waals surface area contributed by atoms with Crippen LogP contribution < -0.4 is 10.9 Å². The number of aromatic nitrogens is 1. The molecule has 1 aliphatic heterocycles. The van der Waals surface area contributed by atoms with Gasteiger partial charge in [-0.3, -0.25) is 19.3 Å². The van der Waals surface area contributed by atoms with Gasteiger partial charge in [-0.15, -0.1) is 0 Å². The van der Waals surface area contributed by atoms with Crippen LogP contribution in [0.5, 0.6) is 0 Å². The van der Waals surface area contributed by atoms with E-state index >= 15 is 0 Å². The summed E-state index contributed by atoms with van der Waals surface area (Å²) in [4.78, 5) is 40.5. The predicted molar refractivity (Wildman–Crippen MR) is 153 cm³/mol. The van der Waals surface area contributed by atoms with Crippen molar-refractivity contribution in [2.75, 3.05) is 38.6 Å². The van der Waals surface area contributed by atoms with Crippen molar-refractivity contribution in [3.8, 4) is 0 Å². The number of likely N-dealkylation sites (tertiary alicyclic amines) is 1. The molecule has 0 radical (unpaired) electrons. The van der Waals surface area contributed by atoms with E-state index in [2.05, 4.69) is 22.3 Å². The van der Waals surface area contributed by atoms with Gasteiger partial charge in [0.2, 0.25) is 12.3 Å². The van der Waals surface area contributed by atoms with E-state index in [1.165, 1.54) is 19.2 Å². The van der Waals surface area contributed by atoms with Gasteiger partial charge >= 0.3 is 0 Å². The molecular formula is C30H34ClFN4O4. The van der Waals surface area contributed by atoms with E-state index in [1.807, 2.05) is 25.1 Å². The summed E-state index contributed by atoms with van der Waals surface area (Å²) in [6.45, 7) is 5.08. The number of hydrogen-bond acceptors (Lipinski definition) is 5. The molecule has 2 unspecified atom stereocenters. The molecular weight excluding hydrogens is 535 g/mol. The van der Waals surface area contributed by atoms with Gasteiger partial charge in [-0.2, -0.15) is 0 Å². The molecule has 2 atom stereocenters. The summed E-state index contributed by atoms with van der Waals surface area (Å²) in [5.74, 6) is -0.876. The zero-order chi connectivity index (χ0) is 28.6. The lowest BCUT2D eigenvalue weighted by Crippen LogP contribution is -2.40. The number of anilines is 1. The molecule has 1 aliphatic rings. The quantitative estimate of drug-likeness (QED) is 0.329. The Bertz CT molecular complexity index is 1380. The monoisotopic (exact) mass is 568 g/mol. The molecule has 40 heavy (non-hydrogen) atoms. The third kappa shape index (κ3) is 6.96. The van der Waals surface area contributed by atoms with Gasteiger partial charge in [0.1, 0.15) is 11.9 Å².